The highest BCUT2D eigenvalue weighted by atomic mass is 15.3. The van der Waals surface area contributed by atoms with Crippen molar-refractivity contribution in [1.82, 2.24) is 15.2 Å². The van der Waals surface area contributed by atoms with E-state index < -0.39 is 0 Å². The van der Waals surface area contributed by atoms with Crippen molar-refractivity contribution in [2.45, 2.75) is 0 Å². The lowest BCUT2D eigenvalue weighted by Gasteiger charge is -2.04. The summed E-state index contributed by atoms with van der Waals surface area (Å²) in [5.41, 5.74) is 3.40. The highest BCUT2D eigenvalue weighted by molar-refractivity contribution is 5.70. The fourth-order valence-electron chi connectivity index (χ4n) is 2.06. The Morgan fingerprint density at radius 2 is 1.55 bits per heavy atom. The van der Waals surface area contributed by atoms with Crippen molar-refractivity contribution >= 4 is 5.95 Å². The van der Waals surface area contributed by atoms with Crippen molar-refractivity contribution in [3.63, 3.8) is 0 Å². The third-order valence-corrected chi connectivity index (χ3v) is 3.12. The van der Waals surface area contributed by atoms with Crippen molar-refractivity contribution < 1.29 is 0 Å². The molecule has 0 saturated heterocycles. The van der Waals surface area contributed by atoms with Gasteiger partial charge < -0.3 is 4.90 Å². The number of hydrogen-bond acceptors (Lipinski definition) is 3. The maximum absolute atomic E-state index is 4.47. The molecular formula is C16H16N4. The molecule has 0 radical (unpaired) electrons. The first-order chi connectivity index (χ1) is 9.74. The SMILES string of the molecule is CN(C)c1n[nH]c(-c2cccc(-c3ccccc3)c2)n1. The van der Waals surface area contributed by atoms with Gasteiger partial charge in [-0.15, -0.1) is 5.10 Å². The molecule has 0 saturated carbocycles. The van der Waals surface area contributed by atoms with Crippen LogP contribution in [-0.4, -0.2) is 29.3 Å². The lowest BCUT2D eigenvalue weighted by Crippen LogP contribution is -2.10. The van der Waals surface area contributed by atoms with Gasteiger partial charge in [-0.2, -0.15) is 4.98 Å². The van der Waals surface area contributed by atoms with Crippen LogP contribution < -0.4 is 4.90 Å². The molecule has 1 N–H and O–H groups in total. The van der Waals surface area contributed by atoms with Crippen LogP contribution in [0.4, 0.5) is 5.95 Å². The van der Waals surface area contributed by atoms with Gasteiger partial charge in [-0.1, -0.05) is 48.5 Å². The molecule has 0 unspecified atom stereocenters. The van der Waals surface area contributed by atoms with E-state index >= 15 is 0 Å². The van der Waals surface area contributed by atoms with Gasteiger partial charge >= 0.3 is 0 Å². The van der Waals surface area contributed by atoms with E-state index in [1.165, 1.54) is 11.1 Å². The zero-order chi connectivity index (χ0) is 13.9. The Hall–Kier alpha value is -2.62. The van der Waals surface area contributed by atoms with E-state index in [2.05, 4.69) is 39.4 Å². The van der Waals surface area contributed by atoms with Gasteiger partial charge in [-0.25, -0.2) is 0 Å². The van der Waals surface area contributed by atoms with Crippen LogP contribution in [0, 0.1) is 0 Å². The Kier molecular flexibility index (Phi) is 3.21. The van der Waals surface area contributed by atoms with Gasteiger partial charge in [0.05, 0.1) is 0 Å². The number of benzene rings is 2. The third-order valence-electron chi connectivity index (χ3n) is 3.12. The van der Waals surface area contributed by atoms with Crippen LogP contribution in [0.5, 0.6) is 0 Å². The maximum atomic E-state index is 4.47. The molecule has 1 aromatic heterocycles. The van der Waals surface area contributed by atoms with Crippen molar-refractivity contribution in [2.75, 3.05) is 19.0 Å². The van der Waals surface area contributed by atoms with E-state index in [0.29, 0.717) is 5.95 Å². The van der Waals surface area contributed by atoms with Gasteiger partial charge in [0.2, 0.25) is 5.95 Å². The van der Waals surface area contributed by atoms with Gasteiger partial charge in [0.25, 0.3) is 0 Å². The Labute approximate surface area is 118 Å². The average molecular weight is 264 g/mol. The Morgan fingerprint density at radius 3 is 2.25 bits per heavy atom. The molecule has 20 heavy (non-hydrogen) atoms. The smallest absolute Gasteiger partial charge is 0.244 e. The number of aromatic nitrogens is 3. The van der Waals surface area contributed by atoms with Crippen molar-refractivity contribution in [3.8, 4) is 22.5 Å². The largest absolute Gasteiger partial charge is 0.346 e. The molecule has 2 aromatic carbocycles. The molecule has 4 nitrogen and oxygen atoms in total. The number of hydrogen-bond donors (Lipinski definition) is 1. The van der Waals surface area contributed by atoms with E-state index in [4.69, 9.17) is 0 Å². The molecule has 0 amide bonds. The molecule has 0 atom stereocenters. The first kappa shape index (κ1) is 12.4. The van der Waals surface area contributed by atoms with Gasteiger partial charge in [0, 0.05) is 19.7 Å². The van der Waals surface area contributed by atoms with Gasteiger partial charge in [-0.3, -0.25) is 5.10 Å². The summed E-state index contributed by atoms with van der Waals surface area (Å²) in [6.07, 6.45) is 0. The van der Waals surface area contributed by atoms with E-state index in [-0.39, 0.29) is 0 Å². The second kappa shape index (κ2) is 5.17. The van der Waals surface area contributed by atoms with Crippen molar-refractivity contribution in [2.24, 2.45) is 0 Å². The highest BCUT2D eigenvalue weighted by Crippen LogP contribution is 2.24. The van der Waals surface area contributed by atoms with Gasteiger partial charge in [0.1, 0.15) is 0 Å². The first-order valence-electron chi connectivity index (χ1n) is 6.49. The summed E-state index contributed by atoms with van der Waals surface area (Å²) in [7, 11) is 3.85. The molecule has 0 spiro atoms. The summed E-state index contributed by atoms with van der Waals surface area (Å²) in [6, 6.07) is 18.6. The number of nitrogens with one attached hydrogen (secondary N) is 1. The van der Waals surface area contributed by atoms with Crippen LogP contribution in [0.3, 0.4) is 0 Å². The van der Waals surface area contributed by atoms with Crippen molar-refractivity contribution in [3.05, 3.63) is 54.6 Å². The molecule has 3 rings (SSSR count). The molecule has 0 fully saturated rings. The summed E-state index contributed by atoms with van der Waals surface area (Å²) in [5, 5.41) is 7.16. The summed E-state index contributed by atoms with van der Waals surface area (Å²) < 4.78 is 0. The number of anilines is 1. The number of nitrogens with zero attached hydrogens (tertiary/aromatic N) is 3. The standard InChI is InChI=1S/C16H16N4/c1-20(2)16-17-15(18-19-16)14-10-6-9-13(11-14)12-7-4-3-5-8-12/h3-11H,1-2H3,(H,17,18,19). The monoisotopic (exact) mass is 264 g/mol. The maximum Gasteiger partial charge on any atom is 0.244 e. The molecule has 0 aliphatic heterocycles. The van der Waals surface area contributed by atoms with Crippen molar-refractivity contribution in [1.29, 1.82) is 0 Å². The normalized spacial score (nSPS) is 10.5. The number of rotatable bonds is 3. The first-order valence-corrected chi connectivity index (χ1v) is 6.49. The number of H-pyrrole nitrogens is 1. The summed E-state index contributed by atoms with van der Waals surface area (Å²) in [5.74, 6) is 1.47. The lowest BCUT2D eigenvalue weighted by atomic mass is 10.0. The lowest BCUT2D eigenvalue weighted by molar-refractivity contribution is 0.999. The van der Waals surface area contributed by atoms with Crippen LogP contribution >= 0.6 is 0 Å². The van der Waals surface area contributed by atoms with Gasteiger partial charge in [-0.05, 0) is 17.2 Å². The zero-order valence-corrected chi connectivity index (χ0v) is 11.5. The topological polar surface area (TPSA) is 44.8 Å². The summed E-state index contributed by atoms with van der Waals surface area (Å²) in [4.78, 5) is 6.35. The fraction of sp³-hybridized carbons (Fsp3) is 0.125. The molecule has 0 aliphatic carbocycles. The van der Waals surface area contributed by atoms with E-state index in [9.17, 15) is 0 Å². The van der Waals surface area contributed by atoms with Crippen LogP contribution in [0.25, 0.3) is 22.5 Å². The molecule has 4 heteroatoms. The zero-order valence-electron chi connectivity index (χ0n) is 11.5. The van der Waals surface area contributed by atoms with Crippen LogP contribution in [0.1, 0.15) is 0 Å². The minimum atomic E-state index is 0.685. The van der Waals surface area contributed by atoms with Crippen LogP contribution in [-0.2, 0) is 0 Å². The summed E-state index contributed by atoms with van der Waals surface area (Å²) >= 11 is 0. The van der Waals surface area contributed by atoms with Crippen LogP contribution in [0.2, 0.25) is 0 Å². The van der Waals surface area contributed by atoms with Gasteiger partial charge in [0.15, 0.2) is 5.82 Å². The minimum Gasteiger partial charge on any atom is -0.346 e. The average Bonchev–Trinajstić information content (AvgIpc) is 2.98. The minimum absolute atomic E-state index is 0.685. The Morgan fingerprint density at radius 1 is 0.850 bits per heavy atom. The second-order valence-corrected chi connectivity index (χ2v) is 4.83. The fourth-order valence-corrected chi connectivity index (χ4v) is 2.06. The van der Waals surface area contributed by atoms with E-state index in [1.54, 1.807) is 0 Å². The summed E-state index contributed by atoms with van der Waals surface area (Å²) in [6.45, 7) is 0. The second-order valence-electron chi connectivity index (χ2n) is 4.83. The predicted molar refractivity (Wildman–Crippen MR) is 81.6 cm³/mol. The van der Waals surface area contributed by atoms with Crippen LogP contribution in [0.15, 0.2) is 54.6 Å². The number of aromatic amines is 1. The Balaban J connectivity index is 1.99. The molecule has 100 valence electrons. The molecule has 3 aromatic rings. The van der Waals surface area contributed by atoms with E-state index in [0.717, 1.165) is 11.4 Å². The molecular weight excluding hydrogens is 248 g/mol. The molecule has 0 bridgehead atoms. The van der Waals surface area contributed by atoms with E-state index in [1.807, 2.05) is 49.3 Å². The molecule has 1 heterocycles. The highest BCUT2D eigenvalue weighted by Gasteiger charge is 2.07. The third kappa shape index (κ3) is 2.40. The predicted octanol–water partition coefficient (Wildman–Crippen LogP) is 3.20. The molecule has 0 aliphatic rings. The Bertz CT molecular complexity index is 701. The quantitative estimate of drug-likeness (QED) is 0.790.